The molecule has 0 aliphatic heterocycles. The molecule has 2 aromatic rings. The summed E-state index contributed by atoms with van der Waals surface area (Å²) in [6.45, 7) is 3.22. The number of aliphatic carboxylic acids is 1. The molecular weight excluding hydrogens is 293 g/mol. The summed E-state index contributed by atoms with van der Waals surface area (Å²) >= 11 is 0. The number of carbonyl (C=O) groups is 1. The van der Waals surface area contributed by atoms with Crippen LogP contribution in [-0.2, 0) is 11.0 Å². The third kappa shape index (κ3) is 3.30. The lowest BCUT2D eigenvalue weighted by Crippen LogP contribution is -2.12. The molecule has 116 valence electrons. The SMILES string of the molecule is Cc1ccc(-c2ccc(C(C)C(=O)O)cc2C(F)(F)F)cc1. The number of benzene rings is 2. The summed E-state index contributed by atoms with van der Waals surface area (Å²) in [5.41, 5.74) is 0.771. The second-order valence-electron chi connectivity index (χ2n) is 5.23. The Morgan fingerprint density at radius 2 is 1.68 bits per heavy atom. The molecule has 0 radical (unpaired) electrons. The summed E-state index contributed by atoms with van der Waals surface area (Å²) < 4.78 is 39.9. The molecule has 0 heterocycles. The van der Waals surface area contributed by atoms with Gasteiger partial charge in [0.2, 0.25) is 0 Å². The van der Waals surface area contributed by atoms with Gasteiger partial charge in [0.15, 0.2) is 0 Å². The molecule has 22 heavy (non-hydrogen) atoms. The third-order valence-electron chi connectivity index (χ3n) is 3.58. The molecule has 0 spiro atoms. The molecule has 1 unspecified atom stereocenters. The van der Waals surface area contributed by atoms with E-state index in [9.17, 15) is 18.0 Å². The summed E-state index contributed by atoms with van der Waals surface area (Å²) in [5, 5.41) is 8.96. The van der Waals surface area contributed by atoms with Crippen LogP contribution in [-0.4, -0.2) is 11.1 Å². The highest BCUT2D eigenvalue weighted by atomic mass is 19.4. The number of halogens is 3. The van der Waals surface area contributed by atoms with Crippen LogP contribution in [0.2, 0.25) is 0 Å². The molecule has 0 fully saturated rings. The van der Waals surface area contributed by atoms with Gasteiger partial charge in [-0.05, 0) is 36.6 Å². The zero-order chi connectivity index (χ0) is 16.5. The molecule has 0 aromatic heterocycles. The van der Waals surface area contributed by atoms with Crippen molar-refractivity contribution in [2.75, 3.05) is 0 Å². The van der Waals surface area contributed by atoms with Crippen LogP contribution in [0.15, 0.2) is 42.5 Å². The first-order chi connectivity index (χ1) is 10.2. The predicted molar refractivity (Wildman–Crippen MR) is 77.7 cm³/mol. The van der Waals surface area contributed by atoms with Crippen molar-refractivity contribution in [2.45, 2.75) is 25.9 Å². The topological polar surface area (TPSA) is 37.3 Å². The highest BCUT2D eigenvalue weighted by Gasteiger charge is 2.34. The fourth-order valence-electron chi connectivity index (χ4n) is 2.19. The van der Waals surface area contributed by atoms with E-state index in [1.807, 2.05) is 6.92 Å². The van der Waals surface area contributed by atoms with Crippen LogP contribution >= 0.6 is 0 Å². The lowest BCUT2D eigenvalue weighted by atomic mass is 9.92. The van der Waals surface area contributed by atoms with E-state index in [0.717, 1.165) is 11.6 Å². The van der Waals surface area contributed by atoms with Crippen molar-refractivity contribution in [3.63, 3.8) is 0 Å². The molecule has 0 amide bonds. The number of carboxylic acids is 1. The van der Waals surface area contributed by atoms with Gasteiger partial charge in [-0.15, -0.1) is 0 Å². The van der Waals surface area contributed by atoms with Gasteiger partial charge in [0, 0.05) is 0 Å². The summed E-state index contributed by atoms with van der Waals surface area (Å²) in [6.07, 6.45) is -4.55. The van der Waals surface area contributed by atoms with E-state index in [1.165, 1.54) is 19.1 Å². The Bertz CT molecular complexity index is 688. The van der Waals surface area contributed by atoms with Crippen molar-refractivity contribution in [3.8, 4) is 11.1 Å². The van der Waals surface area contributed by atoms with E-state index < -0.39 is 23.6 Å². The average Bonchev–Trinajstić information content (AvgIpc) is 2.45. The Balaban J connectivity index is 2.59. The van der Waals surface area contributed by atoms with Crippen molar-refractivity contribution in [1.82, 2.24) is 0 Å². The minimum Gasteiger partial charge on any atom is -0.481 e. The van der Waals surface area contributed by atoms with Gasteiger partial charge >= 0.3 is 12.1 Å². The molecule has 0 aliphatic carbocycles. The third-order valence-corrected chi connectivity index (χ3v) is 3.58. The predicted octanol–water partition coefficient (Wildman–Crippen LogP) is 4.87. The summed E-state index contributed by atoms with van der Waals surface area (Å²) in [5.74, 6) is -2.15. The van der Waals surface area contributed by atoms with E-state index in [2.05, 4.69) is 0 Å². The number of aryl methyl sites for hydroxylation is 1. The number of carboxylic acid groups (broad SMARTS) is 1. The fourth-order valence-corrected chi connectivity index (χ4v) is 2.19. The molecule has 2 rings (SSSR count). The van der Waals surface area contributed by atoms with Gasteiger partial charge in [-0.3, -0.25) is 4.79 Å². The van der Waals surface area contributed by atoms with Crippen LogP contribution in [0.25, 0.3) is 11.1 Å². The maximum Gasteiger partial charge on any atom is 0.417 e. The van der Waals surface area contributed by atoms with Crippen LogP contribution < -0.4 is 0 Å². The first kappa shape index (κ1) is 16.1. The van der Waals surface area contributed by atoms with E-state index >= 15 is 0 Å². The van der Waals surface area contributed by atoms with Gasteiger partial charge in [0.1, 0.15) is 0 Å². The molecule has 5 heteroatoms. The van der Waals surface area contributed by atoms with Crippen LogP contribution in [0.1, 0.15) is 29.5 Å². The second kappa shape index (κ2) is 5.83. The van der Waals surface area contributed by atoms with E-state index in [-0.39, 0.29) is 11.1 Å². The lowest BCUT2D eigenvalue weighted by molar-refractivity contribution is -0.139. The fraction of sp³-hybridized carbons (Fsp3) is 0.235. The van der Waals surface area contributed by atoms with Crippen molar-refractivity contribution in [3.05, 3.63) is 59.2 Å². The average molecular weight is 308 g/mol. The first-order valence-electron chi connectivity index (χ1n) is 6.71. The number of alkyl halides is 3. The maximum absolute atomic E-state index is 13.3. The monoisotopic (exact) mass is 308 g/mol. The van der Waals surface area contributed by atoms with E-state index in [4.69, 9.17) is 5.11 Å². The van der Waals surface area contributed by atoms with Crippen molar-refractivity contribution >= 4 is 5.97 Å². The Morgan fingerprint density at radius 1 is 1.09 bits per heavy atom. The van der Waals surface area contributed by atoms with Gasteiger partial charge in [0.25, 0.3) is 0 Å². The Labute approximate surface area is 126 Å². The minimum atomic E-state index is -4.55. The second-order valence-corrected chi connectivity index (χ2v) is 5.23. The quantitative estimate of drug-likeness (QED) is 0.878. The van der Waals surface area contributed by atoms with Crippen LogP contribution in [0, 0.1) is 6.92 Å². The van der Waals surface area contributed by atoms with E-state index in [0.29, 0.717) is 5.56 Å². The Hall–Kier alpha value is -2.30. The molecule has 2 nitrogen and oxygen atoms in total. The van der Waals surface area contributed by atoms with Crippen LogP contribution in [0.4, 0.5) is 13.2 Å². The zero-order valence-electron chi connectivity index (χ0n) is 12.1. The summed E-state index contributed by atoms with van der Waals surface area (Å²) in [6, 6.07) is 10.4. The summed E-state index contributed by atoms with van der Waals surface area (Å²) in [7, 11) is 0. The van der Waals surface area contributed by atoms with Crippen molar-refractivity contribution in [2.24, 2.45) is 0 Å². The van der Waals surface area contributed by atoms with Crippen LogP contribution in [0.3, 0.4) is 0 Å². The van der Waals surface area contributed by atoms with Gasteiger partial charge < -0.3 is 5.11 Å². The van der Waals surface area contributed by atoms with E-state index in [1.54, 1.807) is 24.3 Å². The molecule has 1 atom stereocenters. The molecule has 0 saturated carbocycles. The highest BCUT2D eigenvalue weighted by Crippen LogP contribution is 2.38. The molecular formula is C17H15F3O2. The number of rotatable bonds is 3. The van der Waals surface area contributed by atoms with Crippen molar-refractivity contribution in [1.29, 1.82) is 0 Å². The molecule has 0 bridgehead atoms. The molecule has 1 N–H and O–H groups in total. The Kier molecular flexibility index (Phi) is 4.26. The largest absolute Gasteiger partial charge is 0.481 e. The maximum atomic E-state index is 13.3. The number of hydrogen-bond acceptors (Lipinski definition) is 1. The summed E-state index contributed by atoms with van der Waals surface area (Å²) in [4.78, 5) is 11.0. The molecule has 2 aromatic carbocycles. The highest BCUT2D eigenvalue weighted by molar-refractivity contribution is 5.77. The zero-order valence-corrected chi connectivity index (χ0v) is 12.1. The minimum absolute atomic E-state index is 0.0499. The Morgan fingerprint density at radius 3 is 2.18 bits per heavy atom. The smallest absolute Gasteiger partial charge is 0.417 e. The van der Waals surface area contributed by atoms with Gasteiger partial charge in [-0.25, -0.2) is 0 Å². The number of hydrogen-bond donors (Lipinski definition) is 1. The van der Waals surface area contributed by atoms with Crippen LogP contribution in [0.5, 0.6) is 0 Å². The van der Waals surface area contributed by atoms with Crippen molar-refractivity contribution < 1.29 is 23.1 Å². The lowest BCUT2D eigenvalue weighted by Gasteiger charge is -2.16. The normalized spacial score (nSPS) is 13.0. The first-order valence-corrected chi connectivity index (χ1v) is 6.71. The standard InChI is InChI=1S/C17H15F3O2/c1-10-3-5-12(6-4-10)14-8-7-13(11(2)16(21)22)9-15(14)17(18,19)20/h3-9,11H,1-2H3,(H,21,22). The van der Waals surface area contributed by atoms with Gasteiger partial charge in [-0.2, -0.15) is 13.2 Å². The van der Waals surface area contributed by atoms with Gasteiger partial charge in [0.05, 0.1) is 11.5 Å². The van der Waals surface area contributed by atoms with Gasteiger partial charge in [-0.1, -0.05) is 42.0 Å². The molecule has 0 saturated heterocycles. The molecule has 0 aliphatic rings.